The number of carbonyl (C=O) groups is 1. The first kappa shape index (κ1) is 14.5. The van der Waals surface area contributed by atoms with Crippen molar-refractivity contribution in [1.29, 1.82) is 5.26 Å². The standard InChI is InChI=1S/C16H12FNO3/c17-14-6-3-4-12(8-14)10-21-16(19)11-20-15-7-2-1-5-13(15)9-18/h1-8H,10-11H2. The molecule has 0 saturated carbocycles. The Morgan fingerprint density at radius 3 is 2.76 bits per heavy atom. The first-order chi connectivity index (χ1) is 10.2. The average molecular weight is 285 g/mol. The molecule has 0 aliphatic rings. The molecule has 2 aromatic rings. The fourth-order valence-electron chi connectivity index (χ4n) is 1.65. The summed E-state index contributed by atoms with van der Waals surface area (Å²) in [5, 5.41) is 8.88. The van der Waals surface area contributed by atoms with Crippen LogP contribution in [0.2, 0.25) is 0 Å². The molecule has 2 rings (SSSR count). The Morgan fingerprint density at radius 2 is 2.00 bits per heavy atom. The molecule has 0 radical (unpaired) electrons. The van der Waals surface area contributed by atoms with Crippen molar-refractivity contribution in [2.24, 2.45) is 0 Å². The van der Waals surface area contributed by atoms with Crippen molar-refractivity contribution in [1.82, 2.24) is 0 Å². The first-order valence-corrected chi connectivity index (χ1v) is 6.21. The van der Waals surface area contributed by atoms with Gasteiger partial charge in [-0.3, -0.25) is 0 Å². The molecule has 0 atom stereocenters. The highest BCUT2D eigenvalue weighted by Gasteiger charge is 2.08. The summed E-state index contributed by atoms with van der Waals surface area (Å²) in [6, 6.07) is 14.4. The number of hydrogen-bond acceptors (Lipinski definition) is 4. The Kier molecular flexibility index (Phi) is 4.89. The van der Waals surface area contributed by atoms with Gasteiger partial charge in [-0.25, -0.2) is 9.18 Å². The Balaban J connectivity index is 1.84. The van der Waals surface area contributed by atoms with E-state index in [2.05, 4.69) is 0 Å². The maximum absolute atomic E-state index is 12.9. The Morgan fingerprint density at radius 1 is 1.19 bits per heavy atom. The lowest BCUT2D eigenvalue weighted by molar-refractivity contribution is -0.147. The molecular formula is C16H12FNO3. The SMILES string of the molecule is N#Cc1ccccc1OCC(=O)OCc1cccc(F)c1. The molecule has 0 fully saturated rings. The largest absolute Gasteiger partial charge is 0.481 e. The molecule has 0 aliphatic heterocycles. The second-order valence-electron chi connectivity index (χ2n) is 4.19. The lowest BCUT2D eigenvalue weighted by Crippen LogP contribution is -2.15. The summed E-state index contributed by atoms with van der Waals surface area (Å²) in [7, 11) is 0. The molecule has 21 heavy (non-hydrogen) atoms. The van der Waals surface area contributed by atoms with Crippen molar-refractivity contribution >= 4 is 5.97 Å². The second kappa shape index (κ2) is 7.06. The topological polar surface area (TPSA) is 59.3 Å². The molecule has 0 saturated heterocycles. The highest BCUT2D eigenvalue weighted by atomic mass is 19.1. The minimum atomic E-state index is -0.591. The average Bonchev–Trinajstić information content (AvgIpc) is 2.51. The number of rotatable bonds is 5. The first-order valence-electron chi connectivity index (χ1n) is 6.21. The fraction of sp³-hybridized carbons (Fsp3) is 0.125. The van der Waals surface area contributed by atoms with Crippen LogP contribution >= 0.6 is 0 Å². The minimum Gasteiger partial charge on any atom is -0.481 e. The summed E-state index contributed by atoms with van der Waals surface area (Å²) in [5.74, 6) is -0.655. The van der Waals surface area contributed by atoms with Crippen LogP contribution in [0, 0.1) is 17.1 Å². The summed E-state index contributed by atoms with van der Waals surface area (Å²) in [6.07, 6.45) is 0. The van der Waals surface area contributed by atoms with E-state index in [1.54, 1.807) is 30.3 Å². The third kappa shape index (κ3) is 4.32. The Labute approximate surface area is 121 Å². The van der Waals surface area contributed by atoms with Crippen molar-refractivity contribution in [3.8, 4) is 11.8 Å². The van der Waals surface area contributed by atoms with Crippen LogP contribution in [-0.4, -0.2) is 12.6 Å². The van der Waals surface area contributed by atoms with Gasteiger partial charge in [0, 0.05) is 0 Å². The van der Waals surface area contributed by atoms with Crippen molar-refractivity contribution in [3.63, 3.8) is 0 Å². The Bertz CT molecular complexity index is 679. The number of nitrogens with zero attached hydrogens (tertiary/aromatic N) is 1. The van der Waals surface area contributed by atoms with Gasteiger partial charge in [-0.15, -0.1) is 0 Å². The summed E-state index contributed by atoms with van der Waals surface area (Å²) >= 11 is 0. The normalized spacial score (nSPS) is 9.71. The van der Waals surface area contributed by atoms with Crippen molar-refractivity contribution < 1.29 is 18.7 Å². The summed E-state index contributed by atoms with van der Waals surface area (Å²) in [5.41, 5.74) is 0.899. The van der Waals surface area contributed by atoms with Crippen LogP contribution in [0.3, 0.4) is 0 Å². The van der Waals surface area contributed by atoms with E-state index in [-0.39, 0.29) is 19.0 Å². The zero-order chi connectivity index (χ0) is 15.1. The van der Waals surface area contributed by atoms with E-state index in [9.17, 15) is 9.18 Å². The van der Waals surface area contributed by atoms with E-state index in [1.165, 1.54) is 18.2 Å². The maximum Gasteiger partial charge on any atom is 0.344 e. The number of nitriles is 1. The molecule has 0 heterocycles. The third-order valence-electron chi connectivity index (χ3n) is 2.64. The predicted octanol–water partition coefficient (Wildman–Crippen LogP) is 2.82. The predicted molar refractivity (Wildman–Crippen MR) is 72.8 cm³/mol. The van der Waals surface area contributed by atoms with E-state index in [1.807, 2.05) is 6.07 Å². The van der Waals surface area contributed by atoms with E-state index in [0.717, 1.165) is 0 Å². The van der Waals surface area contributed by atoms with Gasteiger partial charge in [0.25, 0.3) is 0 Å². The van der Waals surface area contributed by atoms with E-state index < -0.39 is 5.97 Å². The molecule has 2 aromatic carbocycles. The van der Waals surface area contributed by atoms with E-state index in [0.29, 0.717) is 16.9 Å². The molecule has 0 amide bonds. The number of ether oxygens (including phenoxy) is 2. The number of carbonyl (C=O) groups excluding carboxylic acids is 1. The molecule has 0 aliphatic carbocycles. The van der Waals surface area contributed by atoms with Crippen LogP contribution in [0.4, 0.5) is 4.39 Å². The van der Waals surface area contributed by atoms with Gasteiger partial charge < -0.3 is 9.47 Å². The number of para-hydroxylation sites is 1. The van der Waals surface area contributed by atoms with Gasteiger partial charge in [0.15, 0.2) is 6.61 Å². The lowest BCUT2D eigenvalue weighted by atomic mass is 10.2. The van der Waals surface area contributed by atoms with Gasteiger partial charge in [0.1, 0.15) is 24.2 Å². The highest BCUT2D eigenvalue weighted by Crippen LogP contribution is 2.16. The number of hydrogen-bond donors (Lipinski definition) is 0. The van der Waals surface area contributed by atoms with Crippen LogP contribution in [0.15, 0.2) is 48.5 Å². The van der Waals surface area contributed by atoms with Gasteiger partial charge in [0.2, 0.25) is 0 Å². The Hall–Kier alpha value is -2.87. The van der Waals surface area contributed by atoms with Crippen LogP contribution in [0.5, 0.6) is 5.75 Å². The van der Waals surface area contributed by atoms with Crippen molar-refractivity contribution in [2.75, 3.05) is 6.61 Å². The number of esters is 1. The van der Waals surface area contributed by atoms with Gasteiger partial charge in [-0.1, -0.05) is 24.3 Å². The van der Waals surface area contributed by atoms with Crippen LogP contribution in [0.1, 0.15) is 11.1 Å². The quantitative estimate of drug-likeness (QED) is 0.793. The molecule has 4 nitrogen and oxygen atoms in total. The number of benzene rings is 2. The summed E-state index contributed by atoms with van der Waals surface area (Å²) in [4.78, 5) is 11.6. The van der Waals surface area contributed by atoms with Crippen LogP contribution in [-0.2, 0) is 16.1 Å². The minimum absolute atomic E-state index is 0.0279. The second-order valence-corrected chi connectivity index (χ2v) is 4.19. The highest BCUT2D eigenvalue weighted by molar-refractivity contribution is 5.71. The third-order valence-corrected chi connectivity index (χ3v) is 2.64. The molecule has 0 bridgehead atoms. The fourth-order valence-corrected chi connectivity index (χ4v) is 1.65. The van der Waals surface area contributed by atoms with Crippen LogP contribution < -0.4 is 4.74 Å². The van der Waals surface area contributed by atoms with Gasteiger partial charge in [0.05, 0.1) is 5.56 Å². The van der Waals surface area contributed by atoms with Crippen molar-refractivity contribution in [2.45, 2.75) is 6.61 Å². The summed E-state index contributed by atoms with van der Waals surface area (Å²) in [6.45, 7) is -0.339. The molecule has 0 N–H and O–H groups in total. The van der Waals surface area contributed by atoms with Gasteiger partial charge >= 0.3 is 5.97 Å². The smallest absolute Gasteiger partial charge is 0.344 e. The van der Waals surface area contributed by atoms with Crippen molar-refractivity contribution in [3.05, 3.63) is 65.5 Å². The number of halogens is 1. The molecule has 106 valence electrons. The zero-order valence-corrected chi connectivity index (χ0v) is 11.1. The summed E-state index contributed by atoms with van der Waals surface area (Å²) < 4.78 is 23.1. The maximum atomic E-state index is 12.9. The van der Waals surface area contributed by atoms with E-state index in [4.69, 9.17) is 14.7 Å². The molecule has 0 aromatic heterocycles. The van der Waals surface area contributed by atoms with Crippen LogP contribution in [0.25, 0.3) is 0 Å². The van der Waals surface area contributed by atoms with E-state index >= 15 is 0 Å². The molecule has 0 unspecified atom stereocenters. The van der Waals surface area contributed by atoms with Gasteiger partial charge in [-0.2, -0.15) is 5.26 Å². The monoisotopic (exact) mass is 285 g/mol. The zero-order valence-electron chi connectivity index (χ0n) is 11.1. The lowest BCUT2D eigenvalue weighted by Gasteiger charge is -2.08. The molecule has 5 heteroatoms. The van der Waals surface area contributed by atoms with Gasteiger partial charge in [-0.05, 0) is 29.8 Å². The molecular weight excluding hydrogens is 273 g/mol. The molecule has 0 spiro atoms.